The molecule has 0 saturated heterocycles. The van der Waals surface area contributed by atoms with Crippen molar-refractivity contribution in [3.05, 3.63) is 46.2 Å². The molecular weight excluding hydrogens is 261 g/mol. The van der Waals surface area contributed by atoms with Crippen LogP contribution in [0.15, 0.2) is 30.6 Å². The molecule has 1 aromatic heterocycles. The number of nitrogens with two attached hydrogens (primary N) is 1. The molecule has 2 aromatic rings. The molecule has 0 unspecified atom stereocenters. The summed E-state index contributed by atoms with van der Waals surface area (Å²) in [6, 6.07) is 5.48. The van der Waals surface area contributed by atoms with Crippen LogP contribution in [-0.4, -0.2) is 9.97 Å². The number of hydrogen-bond donors (Lipinski definition) is 1. The van der Waals surface area contributed by atoms with E-state index in [0.29, 0.717) is 21.4 Å². The molecule has 1 aromatic carbocycles. The molecule has 0 atom stereocenters. The Balaban J connectivity index is 2.29. The molecule has 88 valence electrons. The van der Waals surface area contributed by atoms with Gasteiger partial charge in [0, 0.05) is 17.1 Å². The van der Waals surface area contributed by atoms with Crippen molar-refractivity contribution in [1.29, 1.82) is 0 Å². The highest BCUT2D eigenvalue weighted by molar-refractivity contribution is 6.31. The number of halogens is 2. The maximum Gasteiger partial charge on any atom is 0.321 e. The van der Waals surface area contributed by atoms with Crippen LogP contribution in [-0.2, 0) is 6.54 Å². The lowest BCUT2D eigenvalue weighted by molar-refractivity contribution is 0.437. The van der Waals surface area contributed by atoms with Gasteiger partial charge in [-0.05, 0) is 12.1 Å². The lowest BCUT2D eigenvalue weighted by atomic mass is 10.2. The van der Waals surface area contributed by atoms with Crippen LogP contribution < -0.4 is 10.5 Å². The maximum absolute atomic E-state index is 6.00. The fourth-order valence-corrected chi connectivity index (χ4v) is 1.62. The maximum atomic E-state index is 6.00. The summed E-state index contributed by atoms with van der Waals surface area (Å²) >= 11 is 11.7. The van der Waals surface area contributed by atoms with Gasteiger partial charge in [-0.1, -0.05) is 29.3 Å². The zero-order chi connectivity index (χ0) is 12.3. The van der Waals surface area contributed by atoms with Crippen LogP contribution in [0.5, 0.6) is 11.8 Å². The molecule has 0 saturated carbocycles. The molecule has 17 heavy (non-hydrogen) atoms. The molecule has 0 aliphatic heterocycles. The van der Waals surface area contributed by atoms with Gasteiger partial charge < -0.3 is 10.5 Å². The van der Waals surface area contributed by atoms with E-state index in [1.165, 1.54) is 12.4 Å². The molecule has 0 spiro atoms. The van der Waals surface area contributed by atoms with Crippen molar-refractivity contribution in [2.24, 2.45) is 5.73 Å². The van der Waals surface area contributed by atoms with E-state index in [1.54, 1.807) is 18.2 Å². The van der Waals surface area contributed by atoms with E-state index in [-0.39, 0.29) is 12.6 Å². The topological polar surface area (TPSA) is 61.0 Å². The van der Waals surface area contributed by atoms with E-state index < -0.39 is 0 Å². The number of nitrogens with zero attached hydrogens (tertiary/aromatic N) is 2. The van der Waals surface area contributed by atoms with Gasteiger partial charge in [0.05, 0.1) is 17.4 Å². The summed E-state index contributed by atoms with van der Waals surface area (Å²) < 4.78 is 5.49. The number of rotatable bonds is 3. The Hall–Kier alpha value is -1.36. The summed E-state index contributed by atoms with van der Waals surface area (Å²) in [6.07, 6.45) is 2.91. The van der Waals surface area contributed by atoms with Crippen LogP contribution in [0.2, 0.25) is 10.0 Å². The zero-order valence-electron chi connectivity index (χ0n) is 8.73. The zero-order valence-corrected chi connectivity index (χ0v) is 10.2. The summed E-state index contributed by atoms with van der Waals surface area (Å²) in [4.78, 5) is 7.86. The Labute approximate surface area is 108 Å². The first-order chi connectivity index (χ1) is 8.20. The third-order valence-corrected chi connectivity index (χ3v) is 2.63. The van der Waals surface area contributed by atoms with Crippen LogP contribution in [0.4, 0.5) is 0 Å². The number of hydrogen-bond acceptors (Lipinski definition) is 4. The van der Waals surface area contributed by atoms with Gasteiger partial charge in [0.25, 0.3) is 0 Å². The Morgan fingerprint density at radius 2 is 1.88 bits per heavy atom. The van der Waals surface area contributed by atoms with Crippen molar-refractivity contribution >= 4 is 23.2 Å². The van der Waals surface area contributed by atoms with E-state index in [2.05, 4.69) is 9.97 Å². The summed E-state index contributed by atoms with van der Waals surface area (Å²) in [6.45, 7) is 0.280. The molecule has 6 heteroatoms. The Kier molecular flexibility index (Phi) is 3.78. The van der Waals surface area contributed by atoms with E-state index >= 15 is 0 Å². The van der Waals surface area contributed by atoms with Crippen LogP contribution >= 0.6 is 23.2 Å². The average molecular weight is 270 g/mol. The molecule has 1 heterocycles. The molecule has 0 fully saturated rings. The first kappa shape index (κ1) is 12.1. The predicted octanol–water partition coefficient (Wildman–Crippen LogP) is 3.03. The summed E-state index contributed by atoms with van der Waals surface area (Å²) in [5, 5.41) is 1.00. The summed E-state index contributed by atoms with van der Waals surface area (Å²) in [5.74, 6) is 0.544. The van der Waals surface area contributed by atoms with E-state index in [1.807, 2.05) is 0 Å². The van der Waals surface area contributed by atoms with Crippen LogP contribution in [0.1, 0.15) is 5.56 Å². The Bertz CT molecular complexity index is 517. The first-order valence-corrected chi connectivity index (χ1v) is 5.59. The minimum atomic E-state index is 0.200. The van der Waals surface area contributed by atoms with Crippen molar-refractivity contribution in [2.45, 2.75) is 6.54 Å². The lowest BCUT2D eigenvalue weighted by Gasteiger charge is -2.09. The molecule has 2 rings (SSSR count). The van der Waals surface area contributed by atoms with Crippen molar-refractivity contribution in [3.8, 4) is 11.8 Å². The van der Waals surface area contributed by atoms with Crippen LogP contribution in [0, 0.1) is 0 Å². The largest absolute Gasteiger partial charge is 0.424 e. The highest BCUT2D eigenvalue weighted by atomic mass is 35.5. The number of aromatic nitrogens is 2. The summed E-state index contributed by atoms with van der Waals surface area (Å²) in [7, 11) is 0. The fourth-order valence-electron chi connectivity index (χ4n) is 1.28. The Morgan fingerprint density at radius 3 is 2.53 bits per heavy atom. The predicted molar refractivity (Wildman–Crippen MR) is 66.5 cm³/mol. The molecule has 0 radical (unpaired) electrons. The van der Waals surface area contributed by atoms with Gasteiger partial charge in [-0.3, -0.25) is 0 Å². The van der Waals surface area contributed by atoms with Crippen molar-refractivity contribution in [2.75, 3.05) is 0 Å². The second-order valence-corrected chi connectivity index (χ2v) is 4.05. The van der Waals surface area contributed by atoms with Gasteiger partial charge in [-0.15, -0.1) is 0 Å². The summed E-state index contributed by atoms with van der Waals surface area (Å²) in [5.41, 5.74) is 6.32. The molecule has 2 N–H and O–H groups in total. The standard InChI is InChI=1S/C11H9Cl2N3O/c12-7-5-15-11(16-6-7)17-10-3-1-2-9(13)8(10)4-14/h1-3,5-6H,4,14H2. The van der Waals surface area contributed by atoms with E-state index in [4.69, 9.17) is 33.7 Å². The van der Waals surface area contributed by atoms with E-state index in [9.17, 15) is 0 Å². The van der Waals surface area contributed by atoms with Gasteiger partial charge in [-0.25, -0.2) is 9.97 Å². The van der Waals surface area contributed by atoms with Crippen LogP contribution in [0.3, 0.4) is 0 Å². The molecule has 4 nitrogen and oxygen atoms in total. The van der Waals surface area contributed by atoms with Gasteiger partial charge >= 0.3 is 6.01 Å². The van der Waals surface area contributed by atoms with E-state index in [0.717, 1.165) is 0 Å². The van der Waals surface area contributed by atoms with Gasteiger partial charge in [-0.2, -0.15) is 0 Å². The first-order valence-electron chi connectivity index (χ1n) is 4.83. The molecule has 0 aliphatic carbocycles. The fraction of sp³-hybridized carbons (Fsp3) is 0.0909. The van der Waals surface area contributed by atoms with Gasteiger partial charge in [0.15, 0.2) is 0 Å². The SMILES string of the molecule is NCc1c(Cl)cccc1Oc1ncc(Cl)cn1. The second-order valence-electron chi connectivity index (χ2n) is 3.21. The quantitative estimate of drug-likeness (QED) is 0.931. The lowest BCUT2D eigenvalue weighted by Crippen LogP contribution is -2.01. The molecular formula is C11H9Cl2N3O. The minimum Gasteiger partial charge on any atom is -0.424 e. The third kappa shape index (κ3) is 2.85. The van der Waals surface area contributed by atoms with Crippen molar-refractivity contribution < 1.29 is 4.74 Å². The highest BCUT2D eigenvalue weighted by Gasteiger charge is 2.08. The van der Waals surface area contributed by atoms with Gasteiger partial charge in [0.2, 0.25) is 0 Å². The highest BCUT2D eigenvalue weighted by Crippen LogP contribution is 2.28. The minimum absolute atomic E-state index is 0.200. The Morgan fingerprint density at radius 1 is 1.18 bits per heavy atom. The van der Waals surface area contributed by atoms with Crippen molar-refractivity contribution in [1.82, 2.24) is 9.97 Å². The normalized spacial score (nSPS) is 10.3. The molecule has 0 amide bonds. The molecule has 0 bridgehead atoms. The second kappa shape index (κ2) is 5.31. The smallest absolute Gasteiger partial charge is 0.321 e. The molecule has 0 aliphatic rings. The monoisotopic (exact) mass is 269 g/mol. The third-order valence-electron chi connectivity index (χ3n) is 2.08. The van der Waals surface area contributed by atoms with Crippen molar-refractivity contribution in [3.63, 3.8) is 0 Å². The van der Waals surface area contributed by atoms with Gasteiger partial charge in [0.1, 0.15) is 5.75 Å². The number of benzene rings is 1. The van der Waals surface area contributed by atoms with Crippen LogP contribution in [0.25, 0.3) is 0 Å². The average Bonchev–Trinajstić information content (AvgIpc) is 2.32. The number of ether oxygens (including phenoxy) is 1.